The van der Waals surface area contributed by atoms with Crippen LogP contribution in [0.15, 0.2) is 77.2 Å². The summed E-state index contributed by atoms with van der Waals surface area (Å²) in [5.74, 6) is 0. The fourth-order valence-electron chi connectivity index (χ4n) is 2.63. The van der Waals surface area contributed by atoms with Crippen LogP contribution in [-0.2, 0) is 0 Å². The van der Waals surface area contributed by atoms with E-state index < -0.39 is 6.03 Å². The molecule has 7 heteroatoms. The van der Waals surface area contributed by atoms with Crippen LogP contribution in [0, 0.1) is 0 Å². The van der Waals surface area contributed by atoms with Gasteiger partial charge in [0.25, 0.3) is 5.56 Å². The van der Waals surface area contributed by atoms with Crippen LogP contribution in [0.2, 0.25) is 0 Å². The lowest BCUT2D eigenvalue weighted by atomic mass is 10.1. The van der Waals surface area contributed by atoms with E-state index in [0.717, 1.165) is 15.8 Å². The van der Waals surface area contributed by atoms with Gasteiger partial charge in [-0.2, -0.15) is 0 Å². The Morgan fingerprint density at radius 1 is 1.00 bits per heavy atom. The van der Waals surface area contributed by atoms with Crippen molar-refractivity contribution in [3.63, 3.8) is 0 Å². The molecule has 0 radical (unpaired) electrons. The molecule has 128 valence electrons. The van der Waals surface area contributed by atoms with E-state index in [4.69, 9.17) is 0 Å². The van der Waals surface area contributed by atoms with Crippen molar-refractivity contribution in [2.75, 3.05) is 10.7 Å². The van der Waals surface area contributed by atoms with Crippen LogP contribution in [0.25, 0.3) is 21.3 Å². The second kappa shape index (κ2) is 6.81. The van der Waals surface area contributed by atoms with Crippen molar-refractivity contribution in [3.8, 4) is 11.1 Å². The highest BCUT2D eigenvalue weighted by Gasteiger charge is 2.14. The Labute approximate surface area is 152 Å². The molecule has 0 aliphatic carbocycles. The van der Waals surface area contributed by atoms with Crippen LogP contribution >= 0.6 is 11.3 Å². The molecule has 6 nitrogen and oxygen atoms in total. The molecule has 0 unspecified atom stereocenters. The van der Waals surface area contributed by atoms with E-state index in [1.54, 1.807) is 12.1 Å². The number of urea groups is 1. The Hall–Kier alpha value is -3.45. The van der Waals surface area contributed by atoms with E-state index in [2.05, 4.69) is 15.7 Å². The lowest BCUT2D eigenvalue weighted by molar-refractivity contribution is 0.259. The zero-order chi connectivity index (χ0) is 17.9. The number of carbonyl (C=O) groups is 1. The van der Waals surface area contributed by atoms with E-state index in [-0.39, 0.29) is 5.56 Å². The minimum atomic E-state index is -0.518. The third-order valence-corrected chi connectivity index (χ3v) is 4.72. The molecule has 0 spiro atoms. The number of fused-ring (bicyclic) bond motifs is 1. The van der Waals surface area contributed by atoms with Gasteiger partial charge in [0, 0.05) is 16.6 Å². The number of carbonyl (C=O) groups excluding carboxylic acids is 1. The molecule has 0 atom stereocenters. The largest absolute Gasteiger partial charge is 0.338 e. The number of nitrogens with zero attached hydrogens (tertiary/aromatic N) is 2. The Bertz CT molecular complexity index is 1120. The SMILES string of the molecule is O=C(Nc1ccccc1)Nn1cnc2scc(-c3ccccc3)c2c1=O. The van der Waals surface area contributed by atoms with Gasteiger partial charge in [0.15, 0.2) is 0 Å². The minimum Gasteiger partial charge on any atom is -0.307 e. The van der Waals surface area contributed by atoms with E-state index in [0.29, 0.717) is 15.9 Å². The topological polar surface area (TPSA) is 76.0 Å². The van der Waals surface area contributed by atoms with Crippen molar-refractivity contribution in [3.05, 3.63) is 82.7 Å². The molecular formula is C19H14N4O2S. The number of anilines is 1. The molecule has 4 aromatic rings. The number of hydrogen-bond donors (Lipinski definition) is 2. The van der Waals surface area contributed by atoms with Crippen LogP contribution < -0.4 is 16.3 Å². The van der Waals surface area contributed by atoms with Crippen molar-refractivity contribution < 1.29 is 4.79 Å². The third kappa shape index (κ3) is 3.07. The van der Waals surface area contributed by atoms with Crippen LogP contribution in [0.1, 0.15) is 0 Å². The van der Waals surface area contributed by atoms with Crippen LogP contribution in [0.5, 0.6) is 0 Å². The minimum absolute atomic E-state index is 0.321. The first-order valence-electron chi connectivity index (χ1n) is 7.90. The summed E-state index contributed by atoms with van der Waals surface area (Å²) in [4.78, 5) is 29.9. The summed E-state index contributed by atoms with van der Waals surface area (Å²) in [5.41, 5.74) is 4.57. The van der Waals surface area contributed by atoms with Crippen LogP contribution in [-0.4, -0.2) is 15.7 Å². The van der Waals surface area contributed by atoms with Gasteiger partial charge in [-0.3, -0.25) is 4.79 Å². The van der Waals surface area contributed by atoms with Crippen LogP contribution in [0.3, 0.4) is 0 Å². The average Bonchev–Trinajstić information content (AvgIpc) is 3.10. The van der Waals surface area contributed by atoms with Crippen molar-refractivity contribution >= 4 is 33.3 Å². The Balaban J connectivity index is 1.67. The van der Waals surface area contributed by atoms with E-state index in [1.807, 2.05) is 53.9 Å². The maximum atomic E-state index is 12.9. The molecule has 2 N–H and O–H groups in total. The highest BCUT2D eigenvalue weighted by molar-refractivity contribution is 7.17. The summed E-state index contributed by atoms with van der Waals surface area (Å²) in [6.45, 7) is 0. The fraction of sp³-hybridized carbons (Fsp3) is 0. The first-order valence-corrected chi connectivity index (χ1v) is 8.77. The number of nitrogens with one attached hydrogen (secondary N) is 2. The molecule has 2 aromatic heterocycles. The van der Waals surface area contributed by atoms with Gasteiger partial charge in [-0.1, -0.05) is 48.5 Å². The van der Waals surface area contributed by atoms with Gasteiger partial charge in [-0.15, -0.1) is 11.3 Å². The van der Waals surface area contributed by atoms with Crippen LogP contribution in [0.4, 0.5) is 10.5 Å². The molecule has 2 amide bonds. The number of aromatic nitrogens is 2. The second-order valence-electron chi connectivity index (χ2n) is 5.55. The highest BCUT2D eigenvalue weighted by atomic mass is 32.1. The molecule has 4 rings (SSSR count). The van der Waals surface area contributed by atoms with Gasteiger partial charge >= 0.3 is 6.03 Å². The predicted octanol–water partition coefficient (Wildman–Crippen LogP) is 3.90. The summed E-state index contributed by atoms with van der Waals surface area (Å²) in [7, 11) is 0. The van der Waals surface area contributed by atoms with Crippen molar-refractivity contribution in [1.29, 1.82) is 0 Å². The van der Waals surface area contributed by atoms with Gasteiger partial charge in [-0.05, 0) is 17.7 Å². The summed E-state index contributed by atoms with van der Waals surface area (Å²) < 4.78 is 1.10. The molecule has 2 aromatic carbocycles. The molecular weight excluding hydrogens is 348 g/mol. The molecule has 0 saturated carbocycles. The first-order chi connectivity index (χ1) is 12.7. The lowest BCUT2D eigenvalue weighted by Gasteiger charge is -2.09. The fourth-order valence-corrected chi connectivity index (χ4v) is 3.54. The zero-order valence-corrected chi connectivity index (χ0v) is 14.4. The Morgan fingerprint density at radius 2 is 1.69 bits per heavy atom. The lowest BCUT2D eigenvalue weighted by Crippen LogP contribution is -2.35. The van der Waals surface area contributed by atoms with Crippen molar-refractivity contribution in [1.82, 2.24) is 9.66 Å². The summed E-state index contributed by atoms with van der Waals surface area (Å²) in [5, 5.41) is 5.07. The maximum absolute atomic E-state index is 12.9. The summed E-state index contributed by atoms with van der Waals surface area (Å²) in [6, 6.07) is 18.1. The van der Waals surface area contributed by atoms with E-state index in [9.17, 15) is 9.59 Å². The molecule has 0 fully saturated rings. The smallest absolute Gasteiger partial charge is 0.307 e. The summed E-state index contributed by atoms with van der Waals surface area (Å²) in [6.07, 6.45) is 1.32. The molecule has 2 heterocycles. The quantitative estimate of drug-likeness (QED) is 0.580. The van der Waals surface area contributed by atoms with Crippen molar-refractivity contribution in [2.45, 2.75) is 0 Å². The molecule has 0 aliphatic rings. The normalized spacial score (nSPS) is 10.6. The summed E-state index contributed by atoms with van der Waals surface area (Å²) >= 11 is 1.40. The van der Waals surface area contributed by atoms with Gasteiger partial charge in [0.2, 0.25) is 0 Å². The van der Waals surface area contributed by atoms with Gasteiger partial charge in [0.05, 0.1) is 5.39 Å². The molecule has 0 saturated heterocycles. The maximum Gasteiger partial charge on any atom is 0.338 e. The Morgan fingerprint density at radius 3 is 2.42 bits per heavy atom. The molecule has 26 heavy (non-hydrogen) atoms. The van der Waals surface area contributed by atoms with Gasteiger partial charge in [-0.25, -0.2) is 19.9 Å². The van der Waals surface area contributed by atoms with E-state index >= 15 is 0 Å². The number of benzene rings is 2. The number of hydrogen-bond acceptors (Lipinski definition) is 4. The van der Waals surface area contributed by atoms with Gasteiger partial charge < -0.3 is 5.32 Å². The predicted molar refractivity (Wildman–Crippen MR) is 104 cm³/mol. The molecule has 0 aliphatic heterocycles. The number of para-hydroxylation sites is 1. The average molecular weight is 362 g/mol. The number of rotatable bonds is 3. The highest BCUT2D eigenvalue weighted by Crippen LogP contribution is 2.30. The zero-order valence-electron chi connectivity index (χ0n) is 13.5. The van der Waals surface area contributed by atoms with Crippen molar-refractivity contribution in [2.24, 2.45) is 0 Å². The number of amides is 2. The third-order valence-electron chi connectivity index (χ3n) is 3.83. The van der Waals surface area contributed by atoms with Gasteiger partial charge in [0.1, 0.15) is 11.2 Å². The number of thiophene rings is 1. The monoisotopic (exact) mass is 362 g/mol. The standard InChI is InChI=1S/C19H14N4O2S/c24-18-16-15(13-7-3-1-4-8-13)11-26-17(16)20-12-23(18)22-19(25)21-14-9-5-2-6-10-14/h1-12H,(H2,21,22,25). The van der Waals surface area contributed by atoms with E-state index in [1.165, 1.54) is 17.7 Å². The molecule has 0 bridgehead atoms. The second-order valence-corrected chi connectivity index (χ2v) is 6.41. The Kier molecular flexibility index (Phi) is 4.20. The first kappa shape index (κ1) is 16.0.